The average Bonchev–Trinajstić information content (AvgIpc) is 2.72. The van der Waals surface area contributed by atoms with Crippen LogP contribution in [0.15, 0.2) is 18.2 Å². The Hall–Kier alpha value is -1.13. The van der Waals surface area contributed by atoms with Gasteiger partial charge in [0.25, 0.3) is 0 Å². The number of amides is 1. The monoisotopic (exact) mass is 272 g/mol. The zero-order valence-electron chi connectivity index (χ0n) is 10.5. The molecule has 1 heterocycles. The Morgan fingerprint density at radius 3 is 2.83 bits per heavy atom. The summed E-state index contributed by atoms with van der Waals surface area (Å²) in [7, 11) is 0. The highest BCUT2D eigenvalue weighted by Gasteiger charge is 2.36. The summed E-state index contributed by atoms with van der Waals surface area (Å²) in [5.74, 6) is -0.378. The molecule has 1 aromatic carbocycles. The van der Waals surface area contributed by atoms with Crippen molar-refractivity contribution in [1.29, 1.82) is 0 Å². The van der Waals surface area contributed by atoms with Crippen LogP contribution in [-0.4, -0.2) is 19.0 Å². The number of nitrogens with one attached hydrogen (secondary N) is 2. The topological polar surface area (TPSA) is 41.1 Å². The molecule has 5 heteroatoms. The fourth-order valence-electron chi connectivity index (χ4n) is 2.01. The van der Waals surface area contributed by atoms with Gasteiger partial charge in [0.15, 0.2) is 0 Å². The molecule has 1 aliphatic rings. The molecule has 0 aromatic heterocycles. The molecule has 3 nitrogen and oxygen atoms in total. The van der Waals surface area contributed by atoms with E-state index in [-0.39, 0.29) is 24.1 Å². The van der Waals surface area contributed by atoms with Crippen LogP contribution in [0.4, 0.5) is 10.1 Å². The van der Waals surface area contributed by atoms with Crippen LogP contribution in [0.3, 0.4) is 0 Å². The Bertz CT molecular complexity index is 445. The predicted octanol–water partition coefficient (Wildman–Crippen LogP) is 2.49. The molecule has 1 amide bonds. The minimum Gasteiger partial charge on any atom is -0.325 e. The van der Waals surface area contributed by atoms with E-state index in [4.69, 9.17) is 0 Å². The standard InChI is InChI=1S/C13H17FN2O.ClH/c1-9-3-4-10(14)7-11(9)16-12(17)13(2)5-6-15-8-13;/h3-4,7,15H,5-6,8H2,1-2H3,(H,16,17);1H. The van der Waals surface area contributed by atoms with E-state index in [1.54, 1.807) is 6.07 Å². The summed E-state index contributed by atoms with van der Waals surface area (Å²) in [4.78, 5) is 12.1. The van der Waals surface area contributed by atoms with Crippen LogP contribution in [0.1, 0.15) is 18.9 Å². The number of benzene rings is 1. The van der Waals surface area contributed by atoms with Crippen LogP contribution in [0.2, 0.25) is 0 Å². The largest absolute Gasteiger partial charge is 0.325 e. The minimum atomic E-state index is -0.390. The first-order valence-electron chi connectivity index (χ1n) is 5.80. The second-order valence-corrected chi connectivity index (χ2v) is 4.90. The molecule has 100 valence electrons. The van der Waals surface area contributed by atoms with Crippen molar-refractivity contribution in [2.24, 2.45) is 5.41 Å². The van der Waals surface area contributed by atoms with Gasteiger partial charge in [0.1, 0.15) is 5.82 Å². The van der Waals surface area contributed by atoms with Gasteiger partial charge in [-0.15, -0.1) is 12.4 Å². The first kappa shape index (κ1) is 14.9. The number of rotatable bonds is 2. The Morgan fingerprint density at radius 2 is 2.22 bits per heavy atom. The van der Waals surface area contributed by atoms with Crippen molar-refractivity contribution in [1.82, 2.24) is 5.32 Å². The molecule has 1 aliphatic heterocycles. The van der Waals surface area contributed by atoms with Crippen LogP contribution in [0.25, 0.3) is 0 Å². The zero-order valence-corrected chi connectivity index (χ0v) is 11.4. The van der Waals surface area contributed by atoms with Crippen molar-refractivity contribution in [3.8, 4) is 0 Å². The number of hydrogen-bond donors (Lipinski definition) is 2. The van der Waals surface area contributed by atoms with Crippen molar-refractivity contribution in [3.05, 3.63) is 29.6 Å². The van der Waals surface area contributed by atoms with Gasteiger partial charge in [-0.1, -0.05) is 6.07 Å². The third-order valence-corrected chi connectivity index (χ3v) is 3.36. The number of carbonyl (C=O) groups is 1. The van der Waals surface area contributed by atoms with Gasteiger partial charge in [-0.3, -0.25) is 4.79 Å². The van der Waals surface area contributed by atoms with Gasteiger partial charge < -0.3 is 10.6 Å². The van der Waals surface area contributed by atoms with Crippen LogP contribution >= 0.6 is 12.4 Å². The number of carbonyl (C=O) groups excluding carboxylic acids is 1. The fourth-order valence-corrected chi connectivity index (χ4v) is 2.01. The van der Waals surface area contributed by atoms with Gasteiger partial charge in [-0.05, 0) is 44.5 Å². The average molecular weight is 273 g/mol. The van der Waals surface area contributed by atoms with E-state index in [1.807, 2.05) is 13.8 Å². The van der Waals surface area contributed by atoms with E-state index < -0.39 is 5.41 Å². The lowest BCUT2D eigenvalue weighted by Crippen LogP contribution is -2.35. The molecular weight excluding hydrogens is 255 g/mol. The van der Waals surface area contributed by atoms with Gasteiger partial charge in [0, 0.05) is 12.2 Å². The summed E-state index contributed by atoms with van der Waals surface area (Å²) in [6.45, 7) is 5.31. The highest BCUT2D eigenvalue weighted by molar-refractivity contribution is 5.96. The molecule has 2 N–H and O–H groups in total. The fraction of sp³-hybridized carbons (Fsp3) is 0.462. The van der Waals surface area contributed by atoms with Crippen molar-refractivity contribution in [2.75, 3.05) is 18.4 Å². The van der Waals surface area contributed by atoms with Gasteiger partial charge in [0.05, 0.1) is 5.41 Å². The van der Waals surface area contributed by atoms with E-state index in [9.17, 15) is 9.18 Å². The molecule has 0 spiro atoms. The molecule has 1 saturated heterocycles. The Labute approximate surface area is 113 Å². The lowest BCUT2D eigenvalue weighted by Gasteiger charge is -2.22. The van der Waals surface area contributed by atoms with E-state index in [0.29, 0.717) is 12.2 Å². The maximum Gasteiger partial charge on any atom is 0.231 e. The van der Waals surface area contributed by atoms with Gasteiger partial charge >= 0.3 is 0 Å². The van der Waals surface area contributed by atoms with Crippen molar-refractivity contribution in [2.45, 2.75) is 20.3 Å². The number of anilines is 1. The molecule has 1 aromatic rings. The minimum absolute atomic E-state index is 0. The van der Waals surface area contributed by atoms with E-state index in [1.165, 1.54) is 12.1 Å². The SMILES string of the molecule is Cc1ccc(F)cc1NC(=O)C1(C)CCNC1.Cl. The summed E-state index contributed by atoms with van der Waals surface area (Å²) in [5, 5.41) is 5.99. The number of aryl methyl sites for hydroxylation is 1. The zero-order chi connectivity index (χ0) is 12.5. The molecular formula is C13H18ClFN2O. The number of halogens is 2. The summed E-state index contributed by atoms with van der Waals surface area (Å²) < 4.78 is 13.1. The second kappa shape index (κ2) is 5.67. The molecule has 2 rings (SSSR count). The highest BCUT2D eigenvalue weighted by Crippen LogP contribution is 2.27. The lowest BCUT2D eigenvalue weighted by atomic mass is 9.88. The van der Waals surface area contributed by atoms with E-state index in [0.717, 1.165) is 18.5 Å². The Kier molecular flexibility index (Phi) is 4.71. The first-order valence-corrected chi connectivity index (χ1v) is 5.80. The Morgan fingerprint density at radius 1 is 1.50 bits per heavy atom. The molecule has 0 saturated carbocycles. The molecule has 18 heavy (non-hydrogen) atoms. The normalized spacial score (nSPS) is 22.4. The third-order valence-electron chi connectivity index (χ3n) is 3.36. The maximum atomic E-state index is 13.1. The van der Waals surface area contributed by atoms with Crippen molar-refractivity contribution < 1.29 is 9.18 Å². The highest BCUT2D eigenvalue weighted by atomic mass is 35.5. The quantitative estimate of drug-likeness (QED) is 0.869. The maximum absolute atomic E-state index is 13.1. The van der Waals surface area contributed by atoms with Gasteiger partial charge in [-0.2, -0.15) is 0 Å². The third kappa shape index (κ3) is 3.00. The molecule has 0 radical (unpaired) electrons. The lowest BCUT2D eigenvalue weighted by molar-refractivity contribution is -0.123. The predicted molar refractivity (Wildman–Crippen MR) is 72.6 cm³/mol. The van der Waals surface area contributed by atoms with Crippen molar-refractivity contribution in [3.63, 3.8) is 0 Å². The smallest absolute Gasteiger partial charge is 0.231 e. The molecule has 0 bridgehead atoms. The molecule has 1 fully saturated rings. The van der Waals surface area contributed by atoms with Crippen molar-refractivity contribution >= 4 is 24.0 Å². The second-order valence-electron chi connectivity index (χ2n) is 4.90. The molecule has 1 unspecified atom stereocenters. The number of hydrogen-bond acceptors (Lipinski definition) is 2. The van der Waals surface area contributed by atoms with Crippen LogP contribution in [0.5, 0.6) is 0 Å². The van der Waals surface area contributed by atoms with E-state index in [2.05, 4.69) is 10.6 Å². The summed E-state index contributed by atoms with van der Waals surface area (Å²) in [5.41, 5.74) is 1.04. The van der Waals surface area contributed by atoms with Crippen LogP contribution in [0, 0.1) is 18.2 Å². The molecule has 1 atom stereocenters. The first-order chi connectivity index (χ1) is 8.01. The van der Waals surface area contributed by atoms with Gasteiger partial charge in [0.2, 0.25) is 5.91 Å². The summed E-state index contributed by atoms with van der Waals surface area (Å²) in [6.07, 6.45) is 0.813. The summed E-state index contributed by atoms with van der Waals surface area (Å²) >= 11 is 0. The van der Waals surface area contributed by atoms with Crippen LogP contribution in [-0.2, 0) is 4.79 Å². The Balaban J connectivity index is 0.00000162. The molecule has 0 aliphatic carbocycles. The van der Waals surface area contributed by atoms with E-state index >= 15 is 0 Å². The summed E-state index contributed by atoms with van der Waals surface area (Å²) in [6, 6.07) is 4.42. The van der Waals surface area contributed by atoms with Gasteiger partial charge in [-0.25, -0.2) is 4.39 Å². The van der Waals surface area contributed by atoms with Crippen LogP contribution < -0.4 is 10.6 Å².